The van der Waals surface area contributed by atoms with E-state index < -0.39 is 4.97 Å². The lowest BCUT2D eigenvalue weighted by Gasteiger charge is -2.10. The monoisotopic (exact) mass is 290 g/mol. The highest BCUT2D eigenvalue weighted by Gasteiger charge is 2.16. The molecule has 4 nitrogen and oxygen atoms in total. The molecular weight excluding hydrogens is 254 g/mol. The summed E-state index contributed by atoms with van der Waals surface area (Å²) >= 11 is 0. The van der Waals surface area contributed by atoms with Crippen molar-refractivity contribution in [2.24, 2.45) is 0 Å². The molecule has 0 fully saturated rings. The SMILES string of the molecule is CCCCCCCCCCCCCCCC[N+](O)(O)O. The Hall–Kier alpha value is -0.160. The fourth-order valence-electron chi connectivity index (χ4n) is 2.52. The van der Waals surface area contributed by atoms with Crippen LogP contribution in [0, 0.1) is 0 Å². The first-order chi connectivity index (χ1) is 9.56. The molecule has 0 amide bonds. The first kappa shape index (κ1) is 19.8. The standard InChI is InChI=1S/C16H36NO3/c1-2-3-4-5-6-7-8-9-10-11-12-13-14-15-16-17(18,19)20/h18-20H,2-16H2,1H3/q+1. The quantitative estimate of drug-likeness (QED) is 0.213. The van der Waals surface area contributed by atoms with Gasteiger partial charge in [-0.2, -0.15) is 0 Å². The summed E-state index contributed by atoms with van der Waals surface area (Å²) < 4.78 is 0. The van der Waals surface area contributed by atoms with Crippen molar-refractivity contribution >= 4 is 0 Å². The van der Waals surface area contributed by atoms with E-state index in [2.05, 4.69) is 6.92 Å². The number of rotatable bonds is 15. The van der Waals surface area contributed by atoms with Crippen molar-refractivity contribution in [3.8, 4) is 0 Å². The minimum absolute atomic E-state index is 0.00195. The number of hydrogen-bond donors (Lipinski definition) is 3. The predicted octanol–water partition coefficient (Wildman–Crippen LogP) is 5.45. The molecule has 20 heavy (non-hydrogen) atoms. The second kappa shape index (κ2) is 13.8. The van der Waals surface area contributed by atoms with Gasteiger partial charge in [-0.15, -0.1) is 15.6 Å². The number of nitrogens with zero attached hydrogens (tertiary/aromatic N) is 1. The van der Waals surface area contributed by atoms with Crippen molar-refractivity contribution < 1.29 is 20.6 Å². The maximum Gasteiger partial charge on any atom is 0.177 e. The van der Waals surface area contributed by atoms with Gasteiger partial charge < -0.3 is 0 Å². The van der Waals surface area contributed by atoms with E-state index in [0.717, 1.165) is 12.8 Å². The average Bonchev–Trinajstić information content (AvgIpc) is 2.38. The Kier molecular flexibility index (Phi) is 13.7. The molecule has 0 aliphatic rings. The van der Waals surface area contributed by atoms with Gasteiger partial charge in [0, 0.05) is 6.42 Å². The van der Waals surface area contributed by atoms with E-state index >= 15 is 0 Å². The molecule has 0 aromatic carbocycles. The molecule has 0 aliphatic heterocycles. The Morgan fingerprint density at radius 2 is 0.800 bits per heavy atom. The predicted molar refractivity (Wildman–Crippen MR) is 80.8 cm³/mol. The van der Waals surface area contributed by atoms with Gasteiger partial charge in [-0.3, -0.25) is 0 Å². The van der Waals surface area contributed by atoms with Crippen LogP contribution in [0.4, 0.5) is 0 Å². The number of hydroxylamine groups is 3. The van der Waals surface area contributed by atoms with Gasteiger partial charge in [0.25, 0.3) is 0 Å². The van der Waals surface area contributed by atoms with E-state index in [1.54, 1.807) is 0 Å². The lowest BCUT2D eigenvalue weighted by atomic mass is 10.0. The van der Waals surface area contributed by atoms with Crippen LogP contribution in [0.15, 0.2) is 0 Å². The van der Waals surface area contributed by atoms with Crippen LogP contribution in [-0.4, -0.2) is 27.1 Å². The summed E-state index contributed by atoms with van der Waals surface area (Å²) in [7, 11) is 0. The largest absolute Gasteiger partial charge is 0.177 e. The second-order valence-electron chi connectivity index (χ2n) is 6.01. The van der Waals surface area contributed by atoms with E-state index in [4.69, 9.17) is 15.6 Å². The Morgan fingerprint density at radius 3 is 1.10 bits per heavy atom. The summed E-state index contributed by atoms with van der Waals surface area (Å²) in [6.45, 7) is 2.25. The Balaban J connectivity index is 2.99. The molecule has 0 saturated carbocycles. The molecule has 0 aliphatic carbocycles. The third kappa shape index (κ3) is 17.8. The van der Waals surface area contributed by atoms with Crippen LogP contribution in [-0.2, 0) is 0 Å². The molecular formula is C16H36NO3+. The van der Waals surface area contributed by atoms with Crippen molar-refractivity contribution in [2.75, 3.05) is 6.54 Å². The maximum absolute atomic E-state index is 8.66. The van der Waals surface area contributed by atoms with Crippen LogP contribution < -0.4 is 0 Å². The van der Waals surface area contributed by atoms with Crippen molar-refractivity contribution in [1.29, 1.82) is 0 Å². The van der Waals surface area contributed by atoms with E-state index in [1.165, 1.54) is 70.6 Å². The van der Waals surface area contributed by atoms with Crippen LogP contribution >= 0.6 is 0 Å². The zero-order valence-corrected chi connectivity index (χ0v) is 13.4. The smallest absolute Gasteiger partial charge is 0.146 e. The van der Waals surface area contributed by atoms with Gasteiger partial charge in [0.05, 0.1) is 4.97 Å². The summed E-state index contributed by atoms with van der Waals surface area (Å²) in [6, 6.07) is 0. The Bertz CT molecular complexity index is 193. The number of unbranched alkanes of at least 4 members (excludes halogenated alkanes) is 13. The average molecular weight is 290 g/mol. The maximum atomic E-state index is 8.66. The molecule has 0 bridgehead atoms. The highest BCUT2D eigenvalue weighted by Crippen LogP contribution is 2.13. The normalized spacial score (nSPS) is 12.0. The minimum Gasteiger partial charge on any atom is -0.146 e. The molecule has 122 valence electrons. The zero-order chi connectivity index (χ0) is 15.1. The van der Waals surface area contributed by atoms with E-state index in [1.807, 2.05) is 0 Å². The molecule has 3 N–H and O–H groups in total. The highest BCUT2D eigenvalue weighted by atomic mass is 17.1. The van der Waals surface area contributed by atoms with Crippen LogP contribution in [0.25, 0.3) is 0 Å². The Morgan fingerprint density at radius 1 is 0.500 bits per heavy atom. The summed E-state index contributed by atoms with van der Waals surface area (Å²) in [5.74, 6) is 0. The molecule has 0 unspecified atom stereocenters. The third-order valence-electron chi connectivity index (χ3n) is 3.81. The van der Waals surface area contributed by atoms with Crippen LogP contribution in [0.3, 0.4) is 0 Å². The molecule has 0 aromatic heterocycles. The lowest BCUT2D eigenvalue weighted by molar-refractivity contribution is -1.37. The van der Waals surface area contributed by atoms with Gasteiger partial charge in [-0.05, 0) is 6.42 Å². The number of hydrogen-bond acceptors (Lipinski definition) is 3. The molecule has 0 rings (SSSR count). The molecule has 0 aromatic rings. The molecule has 0 spiro atoms. The lowest BCUT2D eigenvalue weighted by Crippen LogP contribution is -2.37. The highest BCUT2D eigenvalue weighted by molar-refractivity contribution is 4.48. The third-order valence-corrected chi connectivity index (χ3v) is 3.81. The van der Waals surface area contributed by atoms with E-state index in [-0.39, 0.29) is 6.54 Å². The van der Waals surface area contributed by atoms with E-state index in [0.29, 0.717) is 6.42 Å². The fraction of sp³-hybridized carbons (Fsp3) is 1.00. The van der Waals surface area contributed by atoms with Crippen molar-refractivity contribution in [1.82, 2.24) is 0 Å². The summed E-state index contributed by atoms with van der Waals surface area (Å²) in [6.07, 6.45) is 17.6. The van der Waals surface area contributed by atoms with Crippen molar-refractivity contribution in [3.05, 3.63) is 0 Å². The number of quaternary nitrogens is 1. The zero-order valence-electron chi connectivity index (χ0n) is 13.4. The molecule has 0 radical (unpaired) electrons. The molecule has 0 atom stereocenters. The molecule has 4 heteroatoms. The van der Waals surface area contributed by atoms with Gasteiger partial charge in [0.1, 0.15) is 0 Å². The molecule has 0 saturated heterocycles. The van der Waals surface area contributed by atoms with E-state index in [9.17, 15) is 0 Å². The van der Waals surface area contributed by atoms with Crippen molar-refractivity contribution in [2.45, 2.75) is 96.8 Å². The first-order valence-electron chi connectivity index (χ1n) is 8.62. The topological polar surface area (TPSA) is 60.7 Å². The van der Waals surface area contributed by atoms with Crippen LogP contribution in [0.1, 0.15) is 96.8 Å². The summed E-state index contributed by atoms with van der Waals surface area (Å²) in [4.78, 5) is -1.88. The van der Waals surface area contributed by atoms with Crippen LogP contribution in [0.2, 0.25) is 0 Å². The van der Waals surface area contributed by atoms with Gasteiger partial charge in [0.15, 0.2) is 6.54 Å². The minimum atomic E-state index is -1.88. The van der Waals surface area contributed by atoms with Gasteiger partial charge in [-0.1, -0.05) is 84.0 Å². The van der Waals surface area contributed by atoms with Gasteiger partial charge in [-0.25, -0.2) is 0 Å². The first-order valence-corrected chi connectivity index (χ1v) is 8.62. The summed E-state index contributed by atoms with van der Waals surface area (Å²) in [5.41, 5.74) is 0. The second-order valence-corrected chi connectivity index (χ2v) is 6.01. The molecule has 0 heterocycles. The van der Waals surface area contributed by atoms with Crippen LogP contribution in [0.5, 0.6) is 0 Å². The Labute approximate surface area is 124 Å². The fourth-order valence-corrected chi connectivity index (χ4v) is 2.52. The van der Waals surface area contributed by atoms with Gasteiger partial charge in [0.2, 0.25) is 0 Å². The summed E-state index contributed by atoms with van der Waals surface area (Å²) in [5, 5.41) is 26.0. The van der Waals surface area contributed by atoms with Gasteiger partial charge >= 0.3 is 0 Å². The van der Waals surface area contributed by atoms with Crippen molar-refractivity contribution in [3.63, 3.8) is 0 Å².